The maximum Gasteiger partial charge on any atom is 0.326 e. The van der Waals surface area contributed by atoms with Crippen molar-refractivity contribution in [3.63, 3.8) is 0 Å². The van der Waals surface area contributed by atoms with Crippen molar-refractivity contribution in [1.29, 1.82) is 0 Å². The number of rotatable bonds is 6. The topological polar surface area (TPSA) is 27.7 Å². The van der Waals surface area contributed by atoms with Gasteiger partial charge in [-0.05, 0) is 69.2 Å². The fourth-order valence-electron chi connectivity index (χ4n) is 4.33. The van der Waals surface area contributed by atoms with Crippen LogP contribution >= 0.6 is 8.38 Å². The van der Waals surface area contributed by atoms with E-state index in [1.807, 2.05) is 24.3 Å². The molecule has 0 saturated heterocycles. The third-order valence-electron chi connectivity index (χ3n) is 6.95. The molecule has 3 aromatic carbocycles. The Morgan fingerprint density at radius 3 is 1.18 bits per heavy atom. The summed E-state index contributed by atoms with van der Waals surface area (Å²) >= 11 is 0. The van der Waals surface area contributed by atoms with Gasteiger partial charge >= 0.3 is 8.38 Å². The molecule has 0 spiro atoms. The van der Waals surface area contributed by atoms with Crippen LogP contribution in [0, 0.1) is 0 Å². The van der Waals surface area contributed by atoms with E-state index in [0.717, 1.165) is 22.6 Å². The molecule has 3 aromatic rings. The van der Waals surface area contributed by atoms with Crippen LogP contribution in [-0.2, 0) is 21.7 Å². The molecule has 4 heteroatoms. The van der Waals surface area contributed by atoms with E-state index in [9.17, 15) is 0 Å². The first kappa shape index (κ1) is 31.0. The number of methoxy groups -OCH3 is 1. The van der Waals surface area contributed by atoms with Crippen molar-refractivity contribution in [3.8, 4) is 17.2 Å². The van der Waals surface area contributed by atoms with Gasteiger partial charge in [0.25, 0.3) is 0 Å². The molecule has 0 radical (unpaired) electrons. The summed E-state index contributed by atoms with van der Waals surface area (Å²) in [6.45, 7) is 26.9. The zero-order chi connectivity index (χ0) is 29.4. The zero-order valence-electron chi connectivity index (χ0n) is 26.4. The lowest BCUT2D eigenvalue weighted by Gasteiger charge is -2.30. The van der Waals surface area contributed by atoms with Crippen LogP contribution in [0.4, 0.5) is 0 Å². The van der Waals surface area contributed by atoms with Gasteiger partial charge in [-0.1, -0.05) is 107 Å². The largest absolute Gasteiger partial charge is 0.497 e. The molecule has 0 unspecified atom stereocenters. The van der Waals surface area contributed by atoms with Crippen molar-refractivity contribution in [3.05, 3.63) is 82.9 Å². The van der Waals surface area contributed by atoms with Crippen LogP contribution in [0.3, 0.4) is 0 Å². The van der Waals surface area contributed by atoms with Crippen LogP contribution in [0.25, 0.3) is 0 Å². The third kappa shape index (κ3) is 7.79. The van der Waals surface area contributed by atoms with Crippen LogP contribution in [0.15, 0.2) is 60.7 Å². The molecule has 3 nitrogen and oxygen atoms in total. The van der Waals surface area contributed by atoms with Gasteiger partial charge in [0.1, 0.15) is 17.2 Å². The Morgan fingerprint density at radius 1 is 0.487 bits per heavy atom. The highest BCUT2D eigenvalue weighted by Gasteiger charge is 2.29. The Bertz CT molecular complexity index is 1190. The zero-order valence-corrected chi connectivity index (χ0v) is 27.3. The van der Waals surface area contributed by atoms with Crippen LogP contribution in [0.5, 0.6) is 17.2 Å². The molecular formula is C35H49O3P. The second-order valence-corrected chi connectivity index (χ2v) is 16.0. The van der Waals surface area contributed by atoms with Gasteiger partial charge in [-0.3, -0.25) is 0 Å². The average molecular weight is 549 g/mol. The Balaban J connectivity index is 2.15. The second-order valence-electron chi connectivity index (χ2n) is 14.6. The van der Waals surface area contributed by atoms with E-state index in [0.29, 0.717) is 0 Å². The van der Waals surface area contributed by atoms with Crippen LogP contribution in [0.1, 0.15) is 105 Å². The molecule has 0 saturated carbocycles. The smallest absolute Gasteiger partial charge is 0.326 e. The second kappa shape index (κ2) is 11.2. The molecule has 0 heterocycles. The van der Waals surface area contributed by atoms with Crippen molar-refractivity contribution in [2.45, 2.75) is 105 Å². The van der Waals surface area contributed by atoms with Gasteiger partial charge in [-0.2, -0.15) is 0 Å². The molecule has 0 atom stereocenters. The van der Waals surface area contributed by atoms with Gasteiger partial charge < -0.3 is 13.8 Å². The summed E-state index contributed by atoms with van der Waals surface area (Å²) in [5.41, 5.74) is 4.85. The highest BCUT2D eigenvalue weighted by molar-refractivity contribution is 7.56. The Kier molecular flexibility index (Phi) is 8.88. The summed E-state index contributed by atoms with van der Waals surface area (Å²) in [4.78, 5) is 0. The summed E-state index contributed by atoms with van der Waals surface area (Å²) in [5, 5.41) is 0.991. The fraction of sp³-hybridized carbons (Fsp3) is 0.486. The van der Waals surface area contributed by atoms with Crippen LogP contribution in [0.2, 0.25) is 0 Å². The molecule has 0 aliphatic heterocycles. The van der Waals surface area contributed by atoms with Crippen molar-refractivity contribution < 1.29 is 13.8 Å². The number of hydrogen-bond acceptors (Lipinski definition) is 3. The summed E-state index contributed by atoms with van der Waals surface area (Å²) in [5.74, 6) is 2.53. The molecule has 3 rings (SSSR count). The summed E-state index contributed by atoms with van der Waals surface area (Å²) in [6, 6.07) is 21.3. The van der Waals surface area contributed by atoms with Crippen molar-refractivity contribution in [2.75, 3.05) is 7.11 Å². The molecular weight excluding hydrogens is 499 g/mol. The molecule has 0 fully saturated rings. The average Bonchev–Trinajstić information content (AvgIpc) is 2.81. The Hall–Kier alpha value is -2.51. The third-order valence-corrected chi connectivity index (χ3v) is 8.40. The van der Waals surface area contributed by atoms with Crippen molar-refractivity contribution in [2.24, 2.45) is 0 Å². The lowest BCUT2D eigenvalue weighted by atomic mass is 9.80. The summed E-state index contributed by atoms with van der Waals surface area (Å²) in [6.07, 6.45) is 0. The lowest BCUT2D eigenvalue weighted by molar-refractivity contribution is 0.415. The molecule has 0 amide bonds. The SMILES string of the molecule is COc1ccc(P(Oc2ccc(C(C)(C)C)cc2C(C)(C)C)Oc2ccc(C(C)(C)C)cc2C(C)(C)C)cc1. The normalized spacial score (nSPS) is 13.0. The van der Waals surface area contributed by atoms with Gasteiger partial charge in [0.15, 0.2) is 0 Å². The first-order chi connectivity index (χ1) is 17.8. The standard InChI is InChI=1S/C35H49O3P/c1-32(2,3)24-14-20-30(28(22-24)34(7,8)9)37-39(27-18-16-26(36-13)17-19-27)38-31-21-15-25(33(4,5)6)23-29(31)35(10,11)12/h14-23H,1-13H3. The van der Waals surface area contributed by atoms with Gasteiger partial charge in [0.05, 0.1) is 12.4 Å². The van der Waals surface area contributed by atoms with E-state index < -0.39 is 8.38 Å². The number of ether oxygens (including phenoxy) is 1. The minimum Gasteiger partial charge on any atom is -0.497 e. The molecule has 0 bridgehead atoms. The van der Waals surface area contributed by atoms with E-state index in [1.54, 1.807) is 7.11 Å². The molecule has 0 aliphatic rings. The van der Waals surface area contributed by atoms with E-state index in [-0.39, 0.29) is 21.7 Å². The van der Waals surface area contributed by atoms with Gasteiger partial charge in [0, 0.05) is 11.1 Å². The molecule has 212 valence electrons. The van der Waals surface area contributed by atoms with E-state index >= 15 is 0 Å². The molecule has 0 aliphatic carbocycles. The predicted octanol–water partition coefficient (Wildman–Crippen LogP) is 9.98. The van der Waals surface area contributed by atoms with E-state index in [4.69, 9.17) is 13.8 Å². The first-order valence-corrected chi connectivity index (χ1v) is 15.1. The monoisotopic (exact) mass is 548 g/mol. The summed E-state index contributed by atoms with van der Waals surface area (Å²) in [7, 11) is 0.201. The minimum absolute atomic E-state index is 0.0478. The van der Waals surface area contributed by atoms with Gasteiger partial charge in [-0.25, -0.2) is 0 Å². The van der Waals surface area contributed by atoms with Gasteiger partial charge in [-0.15, -0.1) is 0 Å². The van der Waals surface area contributed by atoms with Crippen molar-refractivity contribution >= 4 is 13.7 Å². The highest BCUT2D eigenvalue weighted by atomic mass is 31.2. The molecule has 39 heavy (non-hydrogen) atoms. The van der Waals surface area contributed by atoms with Crippen LogP contribution in [-0.4, -0.2) is 7.11 Å². The van der Waals surface area contributed by atoms with Crippen LogP contribution < -0.4 is 19.1 Å². The first-order valence-electron chi connectivity index (χ1n) is 13.9. The molecule has 0 N–H and O–H groups in total. The molecule has 0 aromatic heterocycles. The number of benzene rings is 3. The van der Waals surface area contributed by atoms with Gasteiger partial charge in [0.2, 0.25) is 0 Å². The van der Waals surface area contributed by atoms with E-state index in [1.165, 1.54) is 22.3 Å². The Labute approximate surface area is 239 Å². The highest BCUT2D eigenvalue weighted by Crippen LogP contribution is 2.47. The quantitative estimate of drug-likeness (QED) is 0.287. The maximum absolute atomic E-state index is 6.87. The number of hydrogen-bond donors (Lipinski definition) is 0. The predicted molar refractivity (Wildman–Crippen MR) is 168 cm³/mol. The lowest BCUT2D eigenvalue weighted by Crippen LogP contribution is -2.20. The summed E-state index contributed by atoms with van der Waals surface area (Å²) < 4.78 is 19.2. The maximum atomic E-state index is 6.87. The fourth-order valence-corrected chi connectivity index (χ4v) is 5.65. The van der Waals surface area contributed by atoms with E-state index in [2.05, 4.69) is 119 Å². The van der Waals surface area contributed by atoms with Crippen molar-refractivity contribution in [1.82, 2.24) is 0 Å². The minimum atomic E-state index is -1.48. The Morgan fingerprint density at radius 2 is 0.872 bits per heavy atom.